The highest BCUT2D eigenvalue weighted by Gasteiger charge is 2.21. The highest BCUT2D eigenvalue weighted by atomic mass is 16.2. The van der Waals surface area contributed by atoms with Crippen LogP contribution in [0.3, 0.4) is 0 Å². The zero-order chi connectivity index (χ0) is 12.7. The van der Waals surface area contributed by atoms with Gasteiger partial charge < -0.3 is 15.5 Å². The molecule has 0 radical (unpaired) electrons. The maximum absolute atomic E-state index is 12.0. The van der Waals surface area contributed by atoms with Crippen LogP contribution in [0, 0.1) is 5.92 Å². The standard InChI is InChI=1S/C12H27N3O/c1-6-15(9-7-8-14(4)5)12(16)11(13)10(2)3/h10-11H,6-9,13H2,1-5H3. The van der Waals surface area contributed by atoms with Crippen molar-refractivity contribution in [3.63, 3.8) is 0 Å². The van der Waals surface area contributed by atoms with Crippen LogP contribution < -0.4 is 5.73 Å². The lowest BCUT2D eigenvalue weighted by Crippen LogP contribution is -2.47. The molecule has 96 valence electrons. The summed E-state index contributed by atoms with van der Waals surface area (Å²) in [5.74, 6) is 0.284. The molecular weight excluding hydrogens is 202 g/mol. The van der Waals surface area contributed by atoms with E-state index in [0.717, 1.165) is 26.1 Å². The number of nitrogens with zero attached hydrogens (tertiary/aromatic N) is 2. The number of nitrogens with two attached hydrogens (primary N) is 1. The SMILES string of the molecule is CCN(CCCN(C)C)C(=O)C(N)C(C)C. The van der Waals surface area contributed by atoms with Crippen molar-refractivity contribution in [1.82, 2.24) is 9.80 Å². The van der Waals surface area contributed by atoms with Crippen LogP contribution in [0.25, 0.3) is 0 Å². The van der Waals surface area contributed by atoms with Crippen molar-refractivity contribution >= 4 is 5.91 Å². The van der Waals surface area contributed by atoms with E-state index >= 15 is 0 Å². The molecule has 0 aliphatic heterocycles. The van der Waals surface area contributed by atoms with E-state index in [2.05, 4.69) is 4.90 Å². The molecule has 0 aliphatic rings. The molecule has 0 rings (SSSR count). The molecule has 0 fully saturated rings. The molecule has 0 aliphatic carbocycles. The van der Waals surface area contributed by atoms with Crippen LogP contribution in [-0.4, -0.2) is 55.5 Å². The summed E-state index contributed by atoms with van der Waals surface area (Å²) in [7, 11) is 4.08. The van der Waals surface area contributed by atoms with Gasteiger partial charge in [-0.05, 0) is 39.9 Å². The van der Waals surface area contributed by atoms with Crippen molar-refractivity contribution in [3.8, 4) is 0 Å². The van der Waals surface area contributed by atoms with Crippen LogP contribution in [-0.2, 0) is 4.79 Å². The van der Waals surface area contributed by atoms with Crippen molar-refractivity contribution in [2.75, 3.05) is 33.7 Å². The molecule has 2 N–H and O–H groups in total. The lowest BCUT2D eigenvalue weighted by Gasteiger charge is -2.26. The quantitative estimate of drug-likeness (QED) is 0.701. The molecule has 0 saturated carbocycles. The van der Waals surface area contributed by atoms with E-state index < -0.39 is 0 Å². The van der Waals surface area contributed by atoms with Gasteiger partial charge in [0.05, 0.1) is 6.04 Å². The van der Waals surface area contributed by atoms with E-state index in [1.54, 1.807) is 0 Å². The van der Waals surface area contributed by atoms with Crippen LogP contribution in [0.4, 0.5) is 0 Å². The first kappa shape index (κ1) is 15.4. The van der Waals surface area contributed by atoms with Gasteiger partial charge in [-0.2, -0.15) is 0 Å². The van der Waals surface area contributed by atoms with Gasteiger partial charge in [-0.15, -0.1) is 0 Å². The first-order valence-electron chi connectivity index (χ1n) is 6.09. The number of hydrogen-bond donors (Lipinski definition) is 1. The summed E-state index contributed by atoms with van der Waals surface area (Å²) in [6.45, 7) is 8.51. The molecule has 16 heavy (non-hydrogen) atoms. The molecule has 1 amide bonds. The number of rotatable bonds is 7. The molecule has 1 atom stereocenters. The number of likely N-dealkylation sites (N-methyl/N-ethyl adjacent to an activating group) is 1. The predicted octanol–water partition coefficient (Wildman–Crippen LogP) is 0.770. The Balaban J connectivity index is 4.11. The van der Waals surface area contributed by atoms with Gasteiger partial charge in [-0.3, -0.25) is 4.79 Å². The van der Waals surface area contributed by atoms with E-state index in [0.29, 0.717) is 0 Å². The fourth-order valence-electron chi connectivity index (χ4n) is 1.50. The summed E-state index contributed by atoms with van der Waals surface area (Å²) in [5, 5.41) is 0. The molecule has 0 heterocycles. The van der Waals surface area contributed by atoms with Gasteiger partial charge in [0, 0.05) is 13.1 Å². The van der Waals surface area contributed by atoms with Gasteiger partial charge >= 0.3 is 0 Å². The first-order valence-corrected chi connectivity index (χ1v) is 6.09. The predicted molar refractivity (Wildman–Crippen MR) is 68.2 cm³/mol. The molecule has 4 heteroatoms. The molecular formula is C12H27N3O. The van der Waals surface area contributed by atoms with Gasteiger partial charge in [-0.1, -0.05) is 13.8 Å². The third-order valence-electron chi connectivity index (χ3n) is 2.73. The maximum atomic E-state index is 12.0. The Morgan fingerprint density at radius 3 is 2.19 bits per heavy atom. The Kier molecular flexibility index (Phi) is 7.34. The normalized spacial score (nSPS) is 13.2. The van der Waals surface area contributed by atoms with Crippen molar-refractivity contribution in [2.24, 2.45) is 11.7 Å². The number of carbonyl (C=O) groups excluding carboxylic acids is 1. The van der Waals surface area contributed by atoms with E-state index in [-0.39, 0.29) is 17.9 Å². The molecule has 0 aromatic carbocycles. The summed E-state index contributed by atoms with van der Waals surface area (Å²) in [6, 6.07) is -0.362. The number of hydrogen-bond acceptors (Lipinski definition) is 3. The summed E-state index contributed by atoms with van der Waals surface area (Å²) in [5.41, 5.74) is 5.87. The third-order valence-corrected chi connectivity index (χ3v) is 2.73. The Hall–Kier alpha value is -0.610. The van der Waals surface area contributed by atoms with E-state index in [9.17, 15) is 4.79 Å². The molecule has 4 nitrogen and oxygen atoms in total. The van der Waals surface area contributed by atoms with Gasteiger partial charge in [0.25, 0.3) is 0 Å². The first-order chi connectivity index (χ1) is 7.40. The summed E-state index contributed by atoms with van der Waals surface area (Å²) in [6.07, 6.45) is 0.997. The fraction of sp³-hybridized carbons (Fsp3) is 0.917. The average molecular weight is 229 g/mol. The molecule has 0 bridgehead atoms. The van der Waals surface area contributed by atoms with Crippen LogP contribution in [0.2, 0.25) is 0 Å². The van der Waals surface area contributed by atoms with Crippen LogP contribution >= 0.6 is 0 Å². The second-order valence-corrected chi connectivity index (χ2v) is 4.84. The highest BCUT2D eigenvalue weighted by molar-refractivity contribution is 5.81. The number of amides is 1. The van der Waals surface area contributed by atoms with Crippen LogP contribution in [0.15, 0.2) is 0 Å². The van der Waals surface area contributed by atoms with Crippen molar-refractivity contribution in [1.29, 1.82) is 0 Å². The van der Waals surface area contributed by atoms with E-state index in [1.165, 1.54) is 0 Å². The number of carbonyl (C=O) groups is 1. The van der Waals surface area contributed by atoms with Crippen molar-refractivity contribution in [3.05, 3.63) is 0 Å². The molecule has 0 aromatic heterocycles. The summed E-state index contributed by atoms with van der Waals surface area (Å²) < 4.78 is 0. The van der Waals surface area contributed by atoms with Crippen LogP contribution in [0.1, 0.15) is 27.2 Å². The minimum atomic E-state index is -0.362. The van der Waals surface area contributed by atoms with Crippen molar-refractivity contribution in [2.45, 2.75) is 33.2 Å². The second-order valence-electron chi connectivity index (χ2n) is 4.84. The minimum Gasteiger partial charge on any atom is -0.342 e. The summed E-state index contributed by atoms with van der Waals surface area (Å²) in [4.78, 5) is 16.0. The average Bonchev–Trinajstić information content (AvgIpc) is 2.21. The lowest BCUT2D eigenvalue weighted by molar-refractivity contribution is -0.133. The van der Waals surface area contributed by atoms with Gasteiger partial charge in [0.2, 0.25) is 5.91 Å². The molecule has 0 spiro atoms. The van der Waals surface area contributed by atoms with Crippen molar-refractivity contribution < 1.29 is 4.79 Å². The summed E-state index contributed by atoms with van der Waals surface area (Å²) >= 11 is 0. The van der Waals surface area contributed by atoms with E-state index in [4.69, 9.17) is 5.73 Å². The molecule has 0 aromatic rings. The second kappa shape index (κ2) is 7.63. The smallest absolute Gasteiger partial charge is 0.239 e. The monoisotopic (exact) mass is 229 g/mol. The molecule has 1 unspecified atom stereocenters. The van der Waals surface area contributed by atoms with Crippen LogP contribution in [0.5, 0.6) is 0 Å². The van der Waals surface area contributed by atoms with Gasteiger partial charge in [0.1, 0.15) is 0 Å². The Bertz CT molecular complexity index is 204. The minimum absolute atomic E-state index is 0.0799. The largest absolute Gasteiger partial charge is 0.342 e. The van der Waals surface area contributed by atoms with Gasteiger partial charge in [-0.25, -0.2) is 0 Å². The fourth-order valence-corrected chi connectivity index (χ4v) is 1.50. The highest BCUT2D eigenvalue weighted by Crippen LogP contribution is 2.04. The van der Waals surface area contributed by atoms with Gasteiger partial charge in [0.15, 0.2) is 0 Å². The molecule has 0 saturated heterocycles. The Labute approximate surface area is 99.8 Å². The zero-order valence-electron chi connectivity index (χ0n) is 11.4. The third kappa shape index (κ3) is 5.47. The Morgan fingerprint density at radius 2 is 1.81 bits per heavy atom. The zero-order valence-corrected chi connectivity index (χ0v) is 11.4. The Morgan fingerprint density at radius 1 is 1.25 bits per heavy atom. The lowest BCUT2D eigenvalue weighted by atomic mass is 10.0. The van der Waals surface area contributed by atoms with E-state index in [1.807, 2.05) is 39.8 Å². The topological polar surface area (TPSA) is 49.6 Å². The maximum Gasteiger partial charge on any atom is 0.239 e.